The van der Waals surface area contributed by atoms with E-state index in [0.717, 1.165) is 105 Å². The van der Waals surface area contributed by atoms with E-state index in [1.54, 1.807) is 72.8 Å². The number of benzene rings is 3. The molecule has 2 saturated heterocycles. The average molecular weight is 1510 g/mol. The number of nitrogens with one attached hydrogen (secondary N) is 4. The quantitative estimate of drug-likeness (QED) is 0.0565. The molecule has 5 aliphatic heterocycles. The minimum atomic E-state index is -0.211. The molecule has 9 aromatic rings. The number of nitrogens with zero attached hydrogens (tertiary/aromatic N) is 18. The zero-order chi connectivity index (χ0) is 76.4. The van der Waals surface area contributed by atoms with Crippen LogP contribution < -0.4 is 69.8 Å². The number of rotatable bonds is 17. The normalized spacial score (nSPS) is 15.3. The van der Waals surface area contributed by atoms with E-state index in [4.69, 9.17) is 29.2 Å². The van der Waals surface area contributed by atoms with Crippen LogP contribution in [0.25, 0.3) is 0 Å². The lowest BCUT2D eigenvalue weighted by Crippen LogP contribution is -2.47. The van der Waals surface area contributed by atoms with Gasteiger partial charge in [0.05, 0.1) is 78.6 Å². The second-order valence-corrected chi connectivity index (χ2v) is 30.7. The monoisotopic (exact) mass is 1510 g/mol. The minimum absolute atomic E-state index is 0.0766. The number of methoxy groups -OCH3 is 3. The molecule has 30 nitrogen and oxygen atoms in total. The van der Waals surface area contributed by atoms with Gasteiger partial charge in [0.25, 0.3) is 23.6 Å². The Morgan fingerprint density at radius 1 is 0.523 bits per heavy atom. The zero-order valence-corrected chi connectivity index (χ0v) is 65.8. The number of hydrogen-bond acceptors (Lipinski definition) is 29. The van der Waals surface area contributed by atoms with Gasteiger partial charge < -0.3 is 65.1 Å². The number of aryl methyl sites for hydroxylation is 3. The molecule has 5 aliphatic rings. The molecule has 0 atom stereocenters. The molecule has 6 aromatic heterocycles. The molecule has 0 bridgehead atoms. The number of amides is 4. The highest BCUT2D eigenvalue weighted by Gasteiger charge is 2.39. The van der Waals surface area contributed by atoms with Gasteiger partial charge in [-0.25, -0.2) is 29.9 Å². The molecule has 14 rings (SSSR count). The summed E-state index contributed by atoms with van der Waals surface area (Å²) >= 11 is 4.40. The van der Waals surface area contributed by atoms with Crippen LogP contribution in [0.3, 0.4) is 0 Å². The van der Waals surface area contributed by atoms with Crippen molar-refractivity contribution in [1.29, 1.82) is 0 Å². The summed E-state index contributed by atoms with van der Waals surface area (Å²) < 4.78 is 16.9. The molecular formula is C74H92N22O8S3. The van der Waals surface area contributed by atoms with Gasteiger partial charge in [-0.2, -0.15) is 15.0 Å². The van der Waals surface area contributed by atoms with Gasteiger partial charge in [0.1, 0.15) is 49.3 Å². The number of aromatic nitrogens is 9. The van der Waals surface area contributed by atoms with E-state index in [1.165, 1.54) is 46.7 Å². The predicted molar refractivity (Wildman–Crippen MR) is 424 cm³/mol. The molecule has 3 aromatic carbocycles. The van der Waals surface area contributed by atoms with Crippen molar-refractivity contribution in [2.45, 2.75) is 99.2 Å². The number of aliphatic hydroxyl groups excluding tert-OH is 1. The van der Waals surface area contributed by atoms with Crippen LogP contribution in [0, 0.1) is 20.8 Å². The predicted octanol–water partition coefficient (Wildman–Crippen LogP) is 11.7. The third kappa shape index (κ3) is 15.7. The standard InChI is InChI=1S/C26H34N8O3S.C26H33N7O2S.C22H25N7O3S/c1-16(2)34-20-15-27-26(30-23(20)31(4)25-22(24(34)36)28-17(3)38-25)29-19-7-6-18(14-21(19)37-5)33-10-8-32(9-11-33)12-13-35;1-15(2)33-20-14-27-26(30-23(20)32(5)25-22(24(33)34)28-16(3)36-25)29-19-8-7-18(13-21(19)35-6)17-9-11-31(4)12-10-17;1-11(2)29-15-10-24-22(26-14-8-7-13(19(30)23-4)9-16(14)32-6)27-18(15)28(5)21-17(20(29)31)25-12(3)33-21/h6-7,14-16,35H,8-13H2,1-5H3,(H,27,29,30);7-8,13-15,17H,9-12H2,1-6H3,(H,27,29,30);7-11H,1-6H3,(H,23,30)(H,24,26,27). The number of piperidine rings is 1. The minimum Gasteiger partial charge on any atom is -0.495 e. The van der Waals surface area contributed by atoms with E-state index >= 15 is 0 Å². The summed E-state index contributed by atoms with van der Waals surface area (Å²) in [6.07, 6.45) is 7.33. The maximum atomic E-state index is 13.4. The van der Waals surface area contributed by atoms with Crippen LogP contribution in [0.5, 0.6) is 17.2 Å². The van der Waals surface area contributed by atoms with Gasteiger partial charge >= 0.3 is 0 Å². The molecule has 564 valence electrons. The molecule has 4 amide bonds. The van der Waals surface area contributed by atoms with Crippen LogP contribution in [-0.2, 0) is 0 Å². The molecule has 33 heteroatoms. The van der Waals surface area contributed by atoms with Crippen molar-refractivity contribution in [1.82, 2.24) is 60.0 Å². The fraction of sp³-hybridized carbons (Fsp3) is 0.419. The van der Waals surface area contributed by atoms with Gasteiger partial charge in [0.2, 0.25) is 17.8 Å². The zero-order valence-electron chi connectivity index (χ0n) is 63.4. The van der Waals surface area contributed by atoms with Crippen molar-refractivity contribution in [3.8, 4) is 17.2 Å². The second kappa shape index (κ2) is 32.3. The number of likely N-dealkylation sites (tertiary alicyclic amines) is 1. The number of β-amino-alcohol motifs (C(OH)–C–C–N with tert-alkyl or cyclic N) is 1. The van der Waals surface area contributed by atoms with E-state index in [0.29, 0.717) is 105 Å². The van der Waals surface area contributed by atoms with Crippen molar-refractivity contribution in [3.63, 3.8) is 0 Å². The molecular weight excluding hydrogens is 1420 g/mol. The number of anilines is 16. The van der Waals surface area contributed by atoms with E-state index in [-0.39, 0.29) is 48.4 Å². The van der Waals surface area contributed by atoms with E-state index in [2.05, 4.69) is 91.1 Å². The molecule has 0 aliphatic carbocycles. The van der Waals surface area contributed by atoms with Gasteiger partial charge in [-0.05, 0) is 149 Å². The SMILES string of the molecule is CNC(=O)c1ccc(Nc2ncc3c(n2)N(C)c2sc(C)nc2C(=O)N3C(C)C)c(OC)c1.COc1cc(C2CCN(C)CC2)ccc1Nc1ncc2c(n1)N(C)c1sc(C)nc1C(=O)N2C(C)C.COc1cc(N2CCN(CCO)CC2)ccc1Nc1ncc2c(n1)N(C)c1sc(C)nc1C(=O)N2C(C)C. The molecule has 2 fully saturated rings. The van der Waals surface area contributed by atoms with Crippen LogP contribution >= 0.6 is 34.0 Å². The summed E-state index contributed by atoms with van der Waals surface area (Å²) in [5.41, 5.74) is 8.21. The number of hydrogen-bond donors (Lipinski definition) is 5. The van der Waals surface area contributed by atoms with E-state index in [1.807, 2.05) is 116 Å². The maximum absolute atomic E-state index is 13.4. The molecule has 11 heterocycles. The van der Waals surface area contributed by atoms with Crippen molar-refractivity contribution in [2.24, 2.45) is 0 Å². The second-order valence-electron chi connectivity index (χ2n) is 27.2. The number of piperazine rings is 1. The maximum Gasteiger partial charge on any atom is 0.280 e. The lowest BCUT2D eigenvalue weighted by atomic mass is 9.89. The number of fused-ring (bicyclic) bond motifs is 6. The topological polar surface area (TPSA) is 309 Å². The van der Waals surface area contributed by atoms with Crippen molar-refractivity contribution < 1.29 is 38.5 Å². The largest absolute Gasteiger partial charge is 0.495 e. The lowest BCUT2D eigenvalue weighted by Gasteiger charge is -2.36. The summed E-state index contributed by atoms with van der Waals surface area (Å²) in [5.74, 6) is 4.82. The number of aliphatic hydroxyl groups is 1. The van der Waals surface area contributed by atoms with Gasteiger partial charge in [0.15, 0.2) is 34.5 Å². The fourth-order valence-corrected chi connectivity index (χ4v) is 16.2. The van der Waals surface area contributed by atoms with Gasteiger partial charge in [0, 0.05) is 96.4 Å². The highest BCUT2D eigenvalue weighted by molar-refractivity contribution is 7.17. The van der Waals surface area contributed by atoms with Gasteiger partial charge in [-0.15, -0.1) is 34.0 Å². The molecule has 0 unspecified atom stereocenters. The van der Waals surface area contributed by atoms with Crippen LogP contribution in [0.1, 0.15) is 123 Å². The van der Waals surface area contributed by atoms with Crippen LogP contribution in [0.2, 0.25) is 0 Å². The Balaban J connectivity index is 0.000000151. The number of carbonyl (C=O) groups is 4. The van der Waals surface area contributed by atoms with Crippen molar-refractivity contribution >= 4 is 148 Å². The van der Waals surface area contributed by atoms with E-state index < -0.39 is 0 Å². The molecule has 5 N–H and O–H groups in total. The summed E-state index contributed by atoms with van der Waals surface area (Å²) in [6.45, 7) is 24.2. The lowest BCUT2D eigenvalue weighted by molar-refractivity contribution is 0.0957. The Morgan fingerprint density at radius 3 is 1.29 bits per heavy atom. The van der Waals surface area contributed by atoms with Gasteiger partial charge in [-0.3, -0.25) is 38.8 Å². The first-order valence-electron chi connectivity index (χ1n) is 35.4. The van der Waals surface area contributed by atoms with Crippen molar-refractivity contribution in [2.75, 3.05) is 159 Å². The first kappa shape index (κ1) is 76.2. The summed E-state index contributed by atoms with van der Waals surface area (Å²) in [5, 5.41) is 26.4. The Morgan fingerprint density at radius 2 is 0.907 bits per heavy atom. The van der Waals surface area contributed by atoms with Crippen LogP contribution in [0.15, 0.2) is 73.2 Å². The summed E-state index contributed by atoms with van der Waals surface area (Å²) in [7, 11) is 14.3. The number of ether oxygens (including phenoxy) is 3. The highest BCUT2D eigenvalue weighted by Crippen LogP contribution is 2.47. The third-order valence-corrected chi connectivity index (χ3v) is 22.2. The average Bonchev–Trinajstić information content (AvgIpc) is 1.63. The molecule has 0 spiro atoms. The Hall–Kier alpha value is -10.5. The van der Waals surface area contributed by atoms with E-state index in [9.17, 15) is 24.3 Å². The molecule has 0 radical (unpaired) electrons. The fourth-order valence-electron chi connectivity index (χ4n) is 13.6. The summed E-state index contributed by atoms with van der Waals surface area (Å²) in [6, 6.07) is 17.2. The first-order chi connectivity index (χ1) is 51.3. The van der Waals surface area contributed by atoms with Crippen molar-refractivity contribution in [3.05, 3.63) is 116 Å². The van der Waals surface area contributed by atoms with Crippen LogP contribution in [0.4, 0.5) is 90.1 Å². The number of thiazole rings is 3. The molecule has 0 saturated carbocycles. The van der Waals surface area contributed by atoms with Gasteiger partial charge in [-0.1, -0.05) is 6.07 Å². The number of carbonyl (C=O) groups excluding carboxylic acids is 4. The first-order valence-corrected chi connectivity index (χ1v) is 37.9. The Labute approximate surface area is 634 Å². The highest BCUT2D eigenvalue weighted by atomic mass is 32.1. The Bertz CT molecular complexity index is 4780. The summed E-state index contributed by atoms with van der Waals surface area (Å²) in [4.78, 5) is 111. The third-order valence-electron chi connectivity index (χ3n) is 19.0. The van der Waals surface area contributed by atoms with Crippen LogP contribution in [-0.4, -0.2) is 211 Å². The smallest absolute Gasteiger partial charge is 0.280 e. The Kier molecular flexibility index (Phi) is 23.0. The molecule has 107 heavy (non-hydrogen) atoms.